The molecule has 1 aliphatic heterocycles. The van der Waals surface area contributed by atoms with E-state index in [2.05, 4.69) is 34.2 Å². The fraction of sp³-hybridized carbons (Fsp3) is 0.200. The summed E-state index contributed by atoms with van der Waals surface area (Å²) in [5.41, 5.74) is 7.29. The summed E-state index contributed by atoms with van der Waals surface area (Å²) in [6, 6.07) is 16.2. The molecule has 4 aromatic rings. The second kappa shape index (κ2) is 6.35. The van der Waals surface area contributed by atoms with Gasteiger partial charge in [-0.3, -0.25) is 14.8 Å². The fourth-order valence-corrected chi connectivity index (χ4v) is 4.71. The van der Waals surface area contributed by atoms with Crippen molar-refractivity contribution in [1.29, 1.82) is 0 Å². The third kappa shape index (κ3) is 2.57. The Labute approximate surface area is 180 Å². The van der Waals surface area contributed by atoms with E-state index < -0.39 is 0 Å². The highest BCUT2D eigenvalue weighted by Gasteiger charge is 2.53. The summed E-state index contributed by atoms with van der Waals surface area (Å²) < 4.78 is 1.83. The molecular weight excluding hydrogens is 386 g/mol. The average molecular weight is 407 g/mol. The van der Waals surface area contributed by atoms with Crippen LogP contribution in [0.25, 0.3) is 28.1 Å². The van der Waals surface area contributed by atoms with E-state index in [4.69, 9.17) is 5.10 Å². The van der Waals surface area contributed by atoms with Crippen LogP contribution in [0.15, 0.2) is 67.1 Å². The van der Waals surface area contributed by atoms with E-state index >= 15 is 0 Å². The van der Waals surface area contributed by atoms with Gasteiger partial charge in [0, 0.05) is 48.0 Å². The minimum absolute atomic E-state index is 0.000569. The zero-order valence-corrected chi connectivity index (χ0v) is 17.4. The zero-order chi connectivity index (χ0) is 21.2. The minimum Gasteiger partial charge on any atom is -0.331 e. The first-order chi connectivity index (χ1) is 15.1. The van der Waals surface area contributed by atoms with Gasteiger partial charge in [0.15, 0.2) is 0 Å². The number of hydrogen-bond acceptors (Lipinski definition) is 4. The number of benzene rings is 1. The highest BCUT2D eigenvalue weighted by molar-refractivity contribution is 5.96. The quantitative estimate of drug-likeness (QED) is 0.495. The molecule has 152 valence electrons. The van der Waals surface area contributed by atoms with Gasteiger partial charge in [-0.2, -0.15) is 5.10 Å². The van der Waals surface area contributed by atoms with Gasteiger partial charge in [0.2, 0.25) is 0 Å². The van der Waals surface area contributed by atoms with Crippen LogP contribution in [0.5, 0.6) is 0 Å². The Kier molecular flexibility index (Phi) is 3.69. The van der Waals surface area contributed by atoms with E-state index in [0.29, 0.717) is 5.69 Å². The Balaban J connectivity index is 1.61. The summed E-state index contributed by atoms with van der Waals surface area (Å²) in [6.45, 7) is 2.02. The molecule has 0 bridgehead atoms. The lowest BCUT2D eigenvalue weighted by Gasteiger charge is -2.27. The lowest BCUT2D eigenvalue weighted by Crippen LogP contribution is -2.36. The number of carbonyl (C=O) groups excluding carboxylic acids is 1. The van der Waals surface area contributed by atoms with Gasteiger partial charge in [-0.25, -0.2) is 4.68 Å². The summed E-state index contributed by atoms with van der Waals surface area (Å²) in [4.78, 5) is 23.9. The van der Waals surface area contributed by atoms with Crippen molar-refractivity contribution in [1.82, 2.24) is 24.6 Å². The van der Waals surface area contributed by atoms with E-state index in [0.717, 1.165) is 52.2 Å². The van der Waals surface area contributed by atoms with Gasteiger partial charge in [0.1, 0.15) is 5.69 Å². The average Bonchev–Trinajstić information content (AvgIpc) is 3.50. The molecule has 6 rings (SSSR count). The van der Waals surface area contributed by atoms with E-state index in [9.17, 15) is 4.79 Å². The molecule has 1 amide bonds. The molecule has 31 heavy (non-hydrogen) atoms. The third-order valence-electron chi connectivity index (χ3n) is 6.62. The van der Waals surface area contributed by atoms with Crippen molar-refractivity contribution in [2.45, 2.75) is 25.3 Å². The first kappa shape index (κ1) is 18.0. The summed E-state index contributed by atoms with van der Waals surface area (Å²) in [6.07, 6.45) is 7.22. The van der Waals surface area contributed by atoms with E-state index in [1.165, 1.54) is 0 Å². The summed E-state index contributed by atoms with van der Waals surface area (Å²) in [7, 11) is 1.91. The van der Waals surface area contributed by atoms with Gasteiger partial charge in [-0.05, 0) is 55.7 Å². The number of nitrogens with zero attached hydrogens (tertiary/aromatic N) is 5. The van der Waals surface area contributed by atoms with Crippen LogP contribution in [0.3, 0.4) is 0 Å². The number of fused-ring (bicyclic) bond motifs is 4. The molecule has 2 aliphatic rings. The lowest BCUT2D eigenvalue weighted by molar-refractivity contribution is 0.0704. The van der Waals surface area contributed by atoms with Crippen LogP contribution in [0, 0.1) is 6.92 Å². The second-order valence-electron chi connectivity index (χ2n) is 8.33. The molecule has 0 unspecified atom stereocenters. The van der Waals surface area contributed by atoms with Gasteiger partial charge in [-0.1, -0.05) is 18.2 Å². The summed E-state index contributed by atoms with van der Waals surface area (Å²) in [5.74, 6) is 0.000569. The van der Waals surface area contributed by atoms with Crippen LogP contribution in [0.1, 0.15) is 34.6 Å². The first-order valence-corrected chi connectivity index (χ1v) is 10.4. The topological polar surface area (TPSA) is 63.9 Å². The standard InChI is InChI=1S/C25H21N5O/c1-16-19(4-3-11-27-16)18-5-6-20-22(14-18)30-23(24(31)29(2)25(20)9-10-25)15-21(28-30)17-7-12-26-13-8-17/h3-8,11-15H,9-10H2,1-2H3. The molecule has 0 atom stereocenters. The largest absolute Gasteiger partial charge is 0.331 e. The molecule has 6 nitrogen and oxygen atoms in total. The molecule has 4 heterocycles. The van der Waals surface area contributed by atoms with Crippen molar-refractivity contribution in [3.8, 4) is 28.1 Å². The molecule has 3 aromatic heterocycles. The van der Waals surface area contributed by atoms with Crippen molar-refractivity contribution in [2.24, 2.45) is 0 Å². The van der Waals surface area contributed by atoms with Crippen LogP contribution in [0.2, 0.25) is 0 Å². The smallest absolute Gasteiger partial charge is 0.273 e. The Morgan fingerprint density at radius 3 is 2.52 bits per heavy atom. The highest BCUT2D eigenvalue weighted by atomic mass is 16.2. The Morgan fingerprint density at radius 2 is 1.77 bits per heavy atom. The number of pyridine rings is 2. The molecular formula is C25H21N5O. The number of amides is 1. The molecule has 1 saturated carbocycles. The van der Waals surface area contributed by atoms with Gasteiger partial charge < -0.3 is 4.90 Å². The lowest BCUT2D eigenvalue weighted by atomic mass is 9.96. The van der Waals surface area contributed by atoms with Crippen molar-refractivity contribution in [2.75, 3.05) is 7.05 Å². The Morgan fingerprint density at radius 1 is 0.968 bits per heavy atom. The van der Waals surface area contributed by atoms with Gasteiger partial charge >= 0.3 is 0 Å². The molecule has 1 aromatic carbocycles. The monoisotopic (exact) mass is 407 g/mol. The van der Waals surface area contributed by atoms with E-state index in [-0.39, 0.29) is 11.4 Å². The molecule has 0 radical (unpaired) electrons. The van der Waals surface area contributed by atoms with Crippen LogP contribution in [-0.4, -0.2) is 37.6 Å². The van der Waals surface area contributed by atoms with E-state index in [1.807, 2.05) is 54.0 Å². The predicted molar refractivity (Wildman–Crippen MR) is 118 cm³/mol. The maximum Gasteiger partial charge on any atom is 0.273 e. The van der Waals surface area contributed by atoms with Gasteiger partial charge in [0.05, 0.1) is 16.9 Å². The maximum atomic E-state index is 13.5. The van der Waals surface area contributed by atoms with Gasteiger partial charge in [-0.15, -0.1) is 0 Å². The number of aryl methyl sites for hydroxylation is 1. The number of carbonyl (C=O) groups is 1. The summed E-state index contributed by atoms with van der Waals surface area (Å²) in [5, 5.41) is 4.88. The number of hydrogen-bond donors (Lipinski definition) is 0. The van der Waals surface area contributed by atoms with Crippen LogP contribution < -0.4 is 0 Å². The van der Waals surface area contributed by atoms with Crippen LogP contribution in [0.4, 0.5) is 0 Å². The van der Waals surface area contributed by atoms with Crippen molar-refractivity contribution < 1.29 is 4.79 Å². The summed E-state index contributed by atoms with van der Waals surface area (Å²) >= 11 is 0. The maximum absolute atomic E-state index is 13.5. The number of rotatable bonds is 2. The first-order valence-electron chi connectivity index (χ1n) is 10.4. The van der Waals surface area contributed by atoms with Crippen molar-refractivity contribution in [3.05, 3.63) is 84.1 Å². The van der Waals surface area contributed by atoms with Crippen molar-refractivity contribution >= 4 is 5.91 Å². The second-order valence-corrected chi connectivity index (χ2v) is 8.33. The normalized spacial score (nSPS) is 16.1. The molecule has 0 saturated heterocycles. The SMILES string of the molecule is Cc1ncccc1-c1ccc2c(c1)-n1nc(-c3ccncc3)cc1C(=O)N(C)C21CC1. The Hall–Kier alpha value is -3.80. The molecule has 0 N–H and O–H groups in total. The molecule has 1 aliphatic carbocycles. The third-order valence-corrected chi connectivity index (χ3v) is 6.62. The molecule has 1 fully saturated rings. The molecule has 1 spiro atoms. The van der Waals surface area contributed by atoms with E-state index in [1.54, 1.807) is 12.4 Å². The van der Waals surface area contributed by atoms with Crippen LogP contribution in [-0.2, 0) is 5.54 Å². The predicted octanol–water partition coefficient (Wildman–Crippen LogP) is 4.38. The Bertz CT molecular complexity index is 1340. The fourth-order valence-electron chi connectivity index (χ4n) is 4.71. The molecule has 6 heteroatoms. The van der Waals surface area contributed by atoms with Gasteiger partial charge in [0.25, 0.3) is 5.91 Å². The van der Waals surface area contributed by atoms with Crippen LogP contribution >= 0.6 is 0 Å². The minimum atomic E-state index is -0.244. The zero-order valence-electron chi connectivity index (χ0n) is 17.4. The number of aromatic nitrogens is 4. The highest BCUT2D eigenvalue weighted by Crippen LogP contribution is 2.54. The van der Waals surface area contributed by atoms with Crippen molar-refractivity contribution in [3.63, 3.8) is 0 Å².